The first kappa shape index (κ1) is 7.50. The van der Waals surface area contributed by atoms with Gasteiger partial charge >= 0.3 is 0 Å². The predicted molar refractivity (Wildman–Crippen MR) is 36.7 cm³/mol. The van der Waals surface area contributed by atoms with Gasteiger partial charge in [0.2, 0.25) is 0 Å². The molecular weight excluding hydrogens is 176 g/mol. The van der Waals surface area contributed by atoms with E-state index in [0.29, 0.717) is 0 Å². The second-order valence-corrected chi connectivity index (χ2v) is 4.65. The molecule has 0 radical (unpaired) electrons. The van der Waals surface area contributed by atoms with E-state index in [1.165, 1.54) is 11.8 Å². The zero-order valence-corrected chi connectivity index (χ0v) is 6.67. The summed E-state index contributed by atoms with van der Waals surface area (Å²) in [7, 11) is 0. The van der Waals surface area contributed by atoms with E-state index in [-0.39, 0.29) is 9.27 Å². The van der Waals surface area contributed by atoms with Crippen LogP contribution in [0.15, 0.2) is 0 Å². The molecule has 0 unspecified atom stereocenters. The monoisotopic (exact) mass is 182 g/mol. The summed E-state index contributed by atoms with van der Waals surface area (Å²) in [5.74, 6) is 0. The first-order chi connectivity index (χ1) is 3.13. The highest BCUT2D eigenvalue weighted by Gasteiger charge is 1.97. The normalized spacial score (nSPS) is 13.6. The maximum Gasteiger partial charge on any atom is 0.186 e. The molecule has 0 amide bonds. The molecule has 0 spiro atoms. The standard InChI is InChI=1S/C4H7BrOS/c1-3(5)7-4(2)6/h3H,1-2H3/t3-/m1/s1. The fraction of sp³-hybridized carbons (Fsp3) is 0.750. The molecule has 0 aliphatic carbocycles. The number of carbonyl (C=O) groups excluding carboxylic acids is 1. The Morgan fingerprint density at radius 2 is 2.29 bits per heavy atom. The van der Waals surface area contributed by atoms with E-state index >= 15 is 0 Å². The SMILES string of the molecule is CC(=O)S[C@H](C)Br. The Hall–Kier alpha value is 0.500. The lowest BCUT2D eigenvalue weighted by Gasteiger charge is -1.93. The molecular formula is C4H7BrOS. The van der Waals surface area contributed by atoms with Gasteiger partial charge in [-0.15, -0.1) is 0 Å². The molecule has 0 aromatic heterocycles. The Labute approximate surface area is 56.0 Å². The minimum atomic E-state index is 0.157. The van der Waals surface area contributed by atoms with Crippen LogP contribution in [0.5, 0.6) is 0 Å². The molecule has 3 heteroatoms. The molecule has 7 heavy (non-hydrogen) atoms. The van der Waals surface area contributed by atoms with Crippen LogP contribution in [0, 0.1) is 0 Å². The van der Waals surface area contributed by atoms with Gasteiger partial charge in [-0.2, -0.15) is 0 Å². The third-order valence-electron chi connectivity index (χ3n) is 0.328. The molecule has 0 aliphatic rings. The summed E-state index contributed by atoms with van der Waals surface area (Å²) in [6.45, 7) is 3.48. The molecule has 0 aromatic rings. The van der Waals surface area contributed by atoms with Gasteiger partial charge in [0.1, 0.15) is 0 Å². The van der Waals surface area contributed by atoms with Gasteiger partial charge in [0.15, 0.2) is 5.12 Å². The zero-order chi connectivity index (χ0) is 5.86. The Morgan fingerprint density at radius 1 is 1.86 bits per heavy atom. The molecule has 0 fully saturated rings. The van der Waals surface area contributed by atoms with Crippen molar-refractivity contribution in [1.29, 1.82) is 0 Å². The van der Waals surface area contributed by atoms with Gasteiger partial charge in [0.25, 0.3) is 0 Å². The Bertz CT molecular complexity index is 72.1. The van der Waals surface area contributed by atoms with Crippen LogP contribution < -0.4 is 0 Å². The van der Waals surface area contributed by atoms with Crippen LogP contribution in [0.2, 0.25) is 0 Å². The molecule has 0 aliphatic heterocycles. The summed E-state index contributed by atoms with van der Waals surface area (Å²) in [6.07, 6.45) is 0. The van der Waals surface area contributed by atoms with Crippen LogP contribution in [-0.2, 0) is 4.79 Å². The average molecular weight is 183 g/mol. The van der Waals surface area contributed by atoms with Crippen molar-refractivity contribution in [2.45, 2.75) is 18.0 Å². The lowest BCUT2D eigenvalue weighted by molar-refractivity contribution is -0.109. The molecule has 42 valence electrons. The topological polar surface area (TPSA) is 17.1 Å². The van der Waals surface area contributed by atoms with Crippen molar-refractivity contribution < 1.29 is 4.79 Å². The van der Waals surface area contributed by atoms with E-state index in [9.17, 15) is 4.79 Å². The van der Waals surface area contributed by atoms with Crippen molar-refractivity contribution in [3.05, 3.63) is 0 Å². The average Bonchev–Trinajstić information content (AvgIpc) is 1.27. The number of rotatable bonds is 1. The van der Waals surface area contributed by atoms with Gasteiger partial charge in [0, 0.05) is 6.92 Å². The van der Waals surface area contributed by atoms with Gasteiger partial charge in [-0.1, -0.05) is 27.7 Å². The van der Waals surface area contributed by atoms with Crippen molar-refractivity contribution in [3.63, 3.8) is 0 Å². The minimum Gasteiger partial charge on any atom is -0.288 e. The molecule has 0 heterocycles. The highest BCUT2D eigenvalue weighted by atomic mass is 79.9. The third kappa shape index (κ3) is 6.50. The first-order valence-electron chi connectivity index (χ1n) is 1.94. The molecule has 1 atom stereocenters. The number of hydrogen-bond donors (Lipinski definition) is 0. The van der Waals surface area contributed by atoms with Gasteiger partial charge in [-0.05, 0) is 6.92 Å². The second-order valence-electron chi connectivity index (χ2n) is 1.15. The van der Waals surface area contributed by atoms with E-state index in [1.807, 2.05) is 6.92 Å². The van der Waals surface area contributed by atoms with Crippen LogP contribution >= 0.6 is 27.7 Å². The van der Waals surface area contributed by atoms with Gasteiger partial charge in [0.05, 0.1) is 4.16 Å². The Balaban J connectivity index is 3.13. The molecule has 0 saturated heterocycles. The largest absolute Gasteiger partial charge is 0.288 e. The van der Waals surface area contributed by atoms with Crippen molar-refractivity contribution in [2.75, 3.05) is 0 Å². The molecule has 0 saturated carbocycles. The minimum absolute atomic E-state index is 0.157. The predicted octanol–water partition coefficient (Wildman–Crippen LogP) is 2.01. The van der Waals surface area contributed by atoms with Crippen molar-refractivity contribution in [1.82, 2.24) is 0 Å². The maximum atomic E-state index is 10.2. The van der Waals surface area contributed by atoms with Gasteiger partial charge in [-0.3, -0.25) is 4.79 Å². The quantitative estimate of drug-likeness (QED) is 0.578. The molecule has 1 nitrogen and oxygen atoms in total. The van der Waals surface area contributed by atoms with Crippen LogP contribution in [-0.4, -0.2) is 9.27 Å². The number of carbonyl (C=O) groups is 1. The van der Waals surface area contributed by atoms with Crippen LogP contribution in [0.3, 0.4) is 0 Å². The summed E-state index contributed by atoms with van der Waals surface area (Å²) < 4.78 is 0.255. The second kappa shape index (κ2) is 3.50. The van der Waals surface area contributed by atoms with Gasteiger partial charge in [-0.25, -0.2) is 0 Å². The lowest BCUT2D eigenvalue weighted by Crippen LogP contribution is -1.86. The summed E-state index contributed by atoms with van der Waals surface area (Å²) in [4.78, 5) is 10.2. The third-order valence-corrected chi connectivity index (χ3v) is 1.55. The fourth-order valence-corrected chi connectivity index (χ4v) is 1.48. The number of alkyl halides is 1. The molecule has 0 N–H and O–H groups in total. The number of hydrogen-bond acceptors (Lipinski definition) is 2. The summed E-state index contributed by atoms with van der Waals surface area (Å²) >= 11 is 4.50. The summed E-state index contributed by atoms with van der Waals surface area (Å²) in [5.41, 5.74) is 0. The number of halogens is 1. The summed E-state index contributed by atoms with van der Waals surface area (Å²) in [6, 6.07) is 0. The molecule has 0 aromatic carbocycles. The van der Waals surface area contributed by atoms with E-state index in [4.69, 9.17) is 0 Å². The highest BCUT2D eigenvalue weighted by Crippen LogP contribution is 2.15. The first-order valence-corrected chi connectivity index (χ1v) is 3.73. The van der Waals surface area contributed by atoms with E-state index in [2.05, 4.69) is 15.9 Å². The smallest absolute Gasteiger partial charge is 0.186 e. The number of thioether (sulfide) groups is 1. The van der Waals surface area contributed by atoms with E-state index < -0.39 is 0 Å². The molecule has 0 rings (SSSR count). The Morgan fingerprint density at radius 3 is 2.29 bits per heavy atom. The van der Waals surface area contributed by atoms with E-state index in [0.717, 1.165) is 0 Å². The Kier molecular flexibility index (Phi) is 3.75. The van der Waals surface area contributed by atoms with E-state index in [1.54, 1.807) is 6.92 Å². The van der Waals surface area contributed by atoms with Crippen molar-refractivity contribution in [2.24, 2.45) is 0 Å². The highest BCUT2D eigenvalue weighted by molar-refractivity contribution is 9.11. The van der Waals surface area contributed by atoms with Crippen LogP contribution in [0.1, 0.15) is 13.8 Å². The zero-order valence-electron chi connectivity index (χ0n) is 4.27. The lowest BCUT2D eigenvalue weighted by atomic mass is 10.9. The van der Waals surface area contributed by atoms with Crippen LogP contribution in [0.4, 0.5) is 0 Å². The van der Waals surface area contributed by atoms with Crippen molar-refractivity contribution >= 4 is 32.8 Å². The van der Waals surface area contributed by atoms with Crippen molar-refractivity contribution in [3.8, 4) is 0 Å². The fourth-order valence-electron chi connectivity index (χ4n) is 0.229. The van der Waals surface area contributed by atoms with Gasteiger partial charge < -0.3 is 0 Å². The summed E-state index contributed by atoms with van der Waals surface area (Å²) in [5, 5.41) is 0.157. The maximum absolute atomic E-state index is 10.2. The molecule has 0 bridgehead atoms. The van der Waals surface area contributed by atoms with Crippen LogP contribution in [0.25, 0.3) is 0 Å².